The maximum Gasteiger partial charge on any atom is 0.300 e. The van der Waals surface area contributed by atoms with Crippen molar-refractivity contribution in [1.29, 1.82) is 0 Å². The van der Waals surface area contributed by atoms with Gasteiger partial charge in [0.1, 0.15) is 11.5 Å². The fraction of sp³-hybridized carbons (Fsp3) is 0.214. The first-order valence-electron chi connectivity index (χ1n) is 11.1. The van der Waals surface area contributed by atoms with Crippen molar-refractivity contribution in [2.24, 2.45) is 5.92 Å². The maximum atomic E-state index is 13.2. The van der Waals surface area contributed by atoms with Crippen molar-refractivity contribution in [2.45, 2.75) is 26.8 Å². The number of aliphatic hydroxyl groups excluding tert-OH is 1. The minimum atomic E-state index is -0.794. The number of carbonyl (C=O) groups is 2. The molecule has 5 nitrogen and oxygen atoms in total. The summed E-state index contributed by atoms with van der Waals surface area (Å²) in [6.07, 6.45) is 0. The second-order valence-corrected chi connectivity index (χ2v) is 9.22. The Labute approximate surface area is 204 Å². The van der Waals surface area contributed by atoms with Crippen molar-refractivity contribution in [2.75, 3.05) is 11.5 Å². The van der Waals surface area contributed by atoms with Gasteiger partial charge < -0.3 is 9.84 Å². The van der Waals surface area contributed by atoms with Crippen molar-refractivity contribution < 1.29 is 19.4 Å². The first-order valence-corrected chi connectivity index (χ1v) is 11.5. The first kappa shape index (κ1) is 23.6. The van der Waals surface area contributed by atoms with E-state index in [1.165, 1.54) is 4.90 Å². The molecule has 4 rings (SSSR count). The molecule has 3 aromatic carbocycles. The van der Waals surface area contributed by atoms with Crippen LogP contribution in [0.2, 0.25) is 5.02 Å². The molecule has 1 atom stereocenters. The molecule has 1 N–H and O–H groups in total. The second kappa shape index (κ2) is 9.74. The van der Waals surface area contributed by atoms with E-state index >= 15 is 0 Å². The summed E-state index contributed by atoms with van der Waals surface area (Å²) in [6.45, 7) is 6.67. The number of hydrogen-bond donors (Lipinski definition) is 1. The van der Waals surface area contributed by atoms with E-state index in [0.717, 1.165) is 5.56 Å². The lowest BCUT2D eigenvalue weighted by Gasteiger charge is -2.25. The molecule has 0 aliphatic carbocycles. The highest BCUT2D eigenvalue weighted by Crippen LogP contribution is 2.42. The maximum absolute atomic E-state index is 13.2. The minimum absolute atomic E-state index is 0.0312. The number of aliphatic hydroxyl groups is 1. The van der Waals surface area contributed by atoms with Crippen LogP contribution in [0.5, 0.6) is 5.75 Å². The van der Waals surface area contributed by atoms with Crippen LogP contribution in [0.1, 0.15) is 36.6 Å². The van der Waals surface area contributed by atoms with Crippen molar-refractivity contribution in [3.8, 4) is 5.75 Å². The van der Waals surface area contributed by atoms with Crippen LogP contribution >= 0.6 is 11.6 Å². The number of aryl methyl sites for hydroxylation is 1. The molecule has 0 radical (unpaired) electrons. The third-order valence-corrected chi connectivity index (χ3v) is 5.91. The van der Waals surface area contributed by atoms with Gasteiger partial charge in [0.15, 0.2) is 0 Å². The number of anilines is 1. The lowest BCUT2D eigenvalue weighted by Crippen LogP contribution is -2.29. The van der Waals surface area contributed by atoms with Gasteiger partial charge in [-0.05, 0) is 66.9 Å². The van der Waals surface area contributed by atoms with E-state index in [2.05, 4.69) is 13.8 Å². The zero-order chi connectivity index (χ0) is 24.4. The van der Waals surface area contributed by atoms with Crippen LogP contribution in [0.15, 0.2) is 78.4 Å². The Kier molecular flexibility index (Phi) is 6.75. The molecule has 0 saturated carbocycles. The van der Waals surface area contributed by atoms with Crippen molar-refractivity contribution in [1.82, 2.24) is 0 Å². The molecular formula is C28H26ClNO4. The highest BCUT2D eigenvalue weighted by molar-refractivity contribution is 6.51. The average Bonchev–Trinajstić information content (AvgIpc) is 3.09. The smallest absolute Gasteiger partial charge is 0.300 e. The third kappa shape index (κ3) is 4.70. The van der Waals surface area contributed by atoms with Crippen LogP contribution in [0.4, 0.5) is 5.69 Å². The van der Waals surface area contributed by atoms with Crippen LogP contribution in [0.3, 0.4) is 0 Å². The quantitative estimate of drug-likeness (QED) is 0.258. The molecule has 1 fully saturated rings. The molecule has 1 amide bonds. The van der Waals surface area contributed by atoms with E-state index < -0.39 is 17.7 Å². The number of ketones is 1. The Balaban J connectivity index is 1.83. The Morgan fingerprint density at radius 3 is 2.18 bits per heavy atom. The van der Waals surface area contributed by atoms with Crippen LogP contribution in [-0.4, -0.2) is 23.4 Å². The van der Waals surface area contributed by atoms with Gasteiger partial charge in [-0.1, -0.05) is 55.3 Å². The molecule has 1 unspecified atom stereocenters. The standard InChI is InChI=1S/C28H26ClNO4/c1-17(2)16-34-23-14-8-19(9-15-23)25-24(26(31)20-6-10-21(29)11-7-20)27(32)28(33)30(25)22-12-4-18(3)5-13-22/h4-15,17,25,31H,16H2,1-3H3/b26-24+. The van der Waals surface area contributed by atoms with Gasteiger partial charge in [-0.2, -0.15) is 0 Å². The summed E-state index contributed by atoms with van der Waals surface area (Å²) in [5.74, 6) is -0.590. The van der Waals surface area contributed by atoms with Crippen LogP contribution < -0.4 is 9.64 Å². The largest absolute Gasteiger partial charge is 0.507 e. The average molecular weight is 476 g/mol. The lowest BCUT2D eigenvalue weighted by molar-refractivity contribution is -0.132. The monoisotopic (exact) mass is 475 g/mol. The first-order chi connectivity index (χ1) is 16.3. The molecule has 3 aromatic rings. The number of ether oxygens (including phenoxy) is 1. The highest BCUT2D eigenvalue weighted by Gasteiger charge is 2.46. The molecule has 174 valence electrons. The predicted octanol–water partition coefficient (Wildman–Crippen LogP) is 6.31. The second-order valence-electron chi connectivity index (χ2n) is 8.79. The molecule has 1 aliphatic heterocycles. The SMILES string of the molecule is Cc1ccc(N2C(=O)C(=O)/C(=C(/O)c3ccc(Cl)cc3)C2c2ccc(OCC(C)C)cc2)cc1. The van der Waals surface area contributed by atoms with Crippen LogP contribution in [0.25, 0.3) is 5.76 Å². The molecule has 34 heavy (non-hydrogen) atoms. The fourth-order valence-electron chi connectivity index (χ4n) is 3.89. The number of Topliss-reactive ketones (excluding diaryl/α,β-unsaturated/α-hetero) is 1. The minimum Gasteiger partial charge on any atom is -0.507 e. The number of nitrogens with zero attached hydrogens (tertiary/aromatic N) is 1. The molecule has 0 bridgehead atoms. The summed E-state index contributed by atoms with van der Waals surface area (Å²) in [5.41, 5.74) is 2.74. The number of halogens is 1. The van der Waals surface area contributed by atoms with Gasteiger partial charge in [0.05, 0.1) is 18.2 Å². The van der Waals surface area contributed by atoms with Gasteiger partial charge in [-0.15, -0.1) is 0 Å². The number of amides is 1. The molecular weight excluding hydrogens is 450 g/mol. The van der Waals surface area contributed by atoms with E-state index in [9.17, 15) is 14.7 Å². The van der Waals surface area contributed by atoms with Gasteiger partial charge in [0.2, 0.25) is 0 Å². The Morgan fingerprint density at radius 1 is 0.971 bits per heavy atom. The summed E-state index contributed by atoms with van der Waals surface area (Å²) in [4.78, 5) is 27.8. The Bertz CT molecular complexity index is 1230. The van der Waals surface area contributed by atoms with E-state index in [4.69, 9.17) is 16.3 Å². The van der Waals surface area contributed by atoms with Crippen molar-refractivity contribution >= 4 is 34.7 Å². The van der Waals surface area contributed by atoms with Gasteiger partial charge in [0, 0.05) is 16.3 Å². The van der Waals surface area contributed by atoms with E-state index in [1.54, 1.807) is 36.4 Å². The topological polar surface area (TPSA) is 66.8 Å². The zero-order valence-corrected chi connectivity index (χ0v) is 20.0. The molecule has 0 aromatic heterocycles. The summed E-state index contributed by atoms with van der Waals surface area (Å²) in [5, 5.41) is 11.7. The number of rotatable bonds is 6. The molecule has 1 aliphatic rings. The molecule has 1 saturated heterocycles. The summed E-state index contributed by atoms with van der Waals surface area (Å²) in [6, 6.07) is 20.3. The van der Waals surface area contributed by atoms with E-state index in [-0.39, 0.29) is 11.3 Å². The molecule has 1 heterocycles. The number of hydrogen-bond acceptors (Lipinski definition) is 4. The lowest BCUT2D eigenvalue weighted by atomic mass is 9.95. The third-order valence-electron chi connectivity index (χ3n) is 5.65. The van der Waals surface area contributed by atoms with Gasteiger partial charge in [-0.25, -0.2) is 0 Å². The highest BCUT2D eigenvalue weighted by atomic mass is 35.5. The molecule has 6 heteroatoms. The Morgan fingerprint density at radius 2 is 1.59 bits per heavy atom. The number of carbonyl (C=O) groups excluding carboxylic acids is 2. The van der Waals surface area contributed by atoms with Gasteiger partial charge in [-0.3, -0.25) is 14.5 Å². The van der Waals surface area contributed by atoms with Crippen LogP contribution in [0, 0.1) is 12.8 Å². The van der Waals surface area contributed by atoms with Crippen molar-refractivity contribution in [3.63, 3.8) is 0 Å². The predicted molar refractivity (Wildman–Crippen MR) is 134 cm³/mol. The van der Waals surface area contributed by atoms with Crippen molar-refractivity contribution in [3.05, 3.63) is 100 Å². The van der Waals surface area contributed by atoms with E-state index in [0.29, 0.717) is 40.1 Å². The molecule has 0 spiro atoms. The summed E-state index contributed by atoms with van der Waals surface area (Å²) in [7, 11) is 0. The Hall–Kier alpha value is -3.57. The summed E-state index contributed by atoms with van der Waals surface area (Å²) < 4.78 is 5.79. The summed E-state index contributed by atoms with van der Waals surface area (Å²) >= 11 is 5.99. The number of benzene rings is 3. The normalized spacial score (nSPS) is 17.4. The zero-order valence-electron chi connectivity index (χ0n) is 19.3. The van der Waals surface area contributed by atoms with Crippen LogP contribution in [-0.2, 0) is 9.59 Å². The van der Waals surface area contributed by atoms with Gasteiger partial charge >= 0.3 is 0 Å². The van der Waals surface area contributed by atoms with Gasteiger partial charge in [0.25, 0.3) is 11.7 Å². The van der Waals surface area contributed by atoms with E-state index in [1.807, 2.05) is 43.3 Å². The fourth-order valence-corrected chi connectivity index (χ4v) is 4.02.